The van der Waals surface area contributed by atoms with E-state index in [-0.39, 0.29) is 11.2 Å². The Kier molecular flexibility index (Phi) is 4.16. The molecule has 0 radical (unpaired) electrons. The first-order valence-electron chi connectivity index (χ1n) is 8.24. The second-order valence-corrected chi connectivity index (χ2v) is 7.07. The molecule has 0 saturated heterocycles. The molecule has 0 spiro atoms. The molecule has 0 aliphatic rings. The molecule has 27 heavy (non-hydrogen) atoms. The van der Waals surface area contributed by atoms with E-state index >= 15 is 0 Å². The lowest BCUT2D eigenvalue weighted by Gasteiger charge is -2.05. The number of carbonyl (C=O) groups is 1. The van der Waals surface area contributed by atoms with E-state index in [9.17, 15) is 9.59 Å². The van der Waals surface area contributed by atoms with Crippen LogP contribution in [-0.2, 0) is 7.05 Å². The van der Waals surface area contributed by atoms with Gasteiger partial charge in [0.25, 0.3) is 0 Å². The van der Waals surface area contributed by atoms with Crippen LogP contribution in [0.3, 0.4) is 0 Å². The maximum atomic E-state index is 12.6. The number of methoxy groups -OCH3 is 1. The summed E-state index contributed by atoms with van der Waals surface area (Å²) in [5.74, 6) is 0.0250. The van der Waals surface area contributed by atoms with Crippen molar-refractivity contribution in [3.8, 4) is 5.75 Å². The van der Waals surface area contributed by atoms with Gasteiger partial charge < -0.3 is 13.7 Å². The molecule has 0 bridgehead atoms. The molecule has 0 unspecified atom stereocenters. The van der Waals surface area contributed by atoms with Crippen molar-refractivity contribution in [3.05, 3.63) is 68.8 Å². The third kappa shape index (κ3) is 2.86. The monoisotopic (exact) mass is 380 g/mol. The van der Waals surface area contributed by atoms with Gasteiger partial charge >= 0.3 is 5.91 Å². The van der Waals surface area contributed by atoms with Crippen LogP contribution in [0.1, 0.15) is 16.1 Å². The summed E-state index contributed by atoms with van der Waals surface area (Å²) < 4.78 is 13.8. The molecule has 0 aliphatic heterocycles. The number of para-hydroxylation sites is 1. The molecule has 2 aromatic carbocycles. The number of amides is 1. The molecule has 0 aliphatic carbocycles. The number of nitrogens with zero attached hydrogens (tertiary/aromatic N) is 2. The maximum absolute atomic E-state index is 12.6. The first kappa shape index (κ1) is 17.2. The highest BCUT2D eigenvalue weighted by molar-refractivity contribution is 7.16. The Morgan fingerprint density at radius 3 is 2.78 bits per heavy atom. The summed E-state index contributed by atoms with van der Waals surface area (Å²) in [5, 5.41) is 0.432. The van der Waals surface area contributed by atoms with E-state index in [1.165, 1.54) is 17.4 Å². The number of rotatable bonds is 2. The Bertz CT molecular complexity index is 1330. The highest BCUT2D eigenvalue weighted by Gasteiger charge is 2.15. The largest absolute Gasteiger partial charge is 0.495 e. The second-order valence-electron chi connectivity index (χ2n) is 6.09. The molecule has 0 saturated carbocycles. The third-order valence-corrected chi connectivity index (χ3v) is 5.64. The van der Waals surface area contributed by atoms with Gasteiger partial charge in [-0.05, 0) is 30.7 Å². The fourth-order valence-corrected chi connectivity index (χ4v) is 4.07. The van der Waals surface area contributed by atoms with Crippen LogP contribution >= 0.6 is 11.3 Å². The highest BCUT2D eigenvalue weighted by Crippen LogP contribution is 2.29. The van der Waals surface area contributed by atoms with Gasteiger partial charge in [0, 0.05) is 13.1 Å². The van der Waals surface area contributed by atoms with Crippen molar-refractivity contribution in [2.45, 2.75) is 6.92 Å². The zero-order chi connectivity index (χ0) is 19.1. The summed E-state index contributed by atoms with van der Waals surface area (Å²) in [5.41, 5.74) is 2.03. The SMILES string of the molecule is COc1ccc(C)c2sc(=NC(=O)c3cc(=O)c4ccccc4o3)n(C)c12. The number of hydrogen-bond donors (Lipinski definition) is 0. The lowest BCUT2D eigenvalue weighted by Crippen LogP contribution is -2.14. The summed E-state index contributed by atoms with van der Waals surface area (Å²) in [6.07, 6.45) is 0. The molecular weight excluding hydrogens is 364 g/mol. The number of hydrogen-bond acceptors (Lipinski definition) is 5. The predicted octanol–water partition coefficient (Wildman–Crippen LogP) is 3.40. The Morgan fingerprint density at radius 2 is 2.00 bits per heavy atom. The van der Waals surface area contributed by atoms with Gasteiger partial charge in [0.1, 0.15) is 16.8 Å². The Morgan fingerprint density at radius 1 is 1.22 bits per heavy atom. The second kappa shape index (κ2) is 6.51. The third-order valence-electron chi connectivity index (χ3n) is 4.37. The van der Waals surface area contributed by atoms with Gasteiger partial charge in [-0.2, -0.15) is 4.99 Å². The van der Waals surface area contributed by atoms with Crippen molar-refractivity contribution in [2.24, 2.45) is 12.0 Å². The van der Waals surface area contributed by atoms with Crippen LogP contribution in [0.15, 0.2) is 56.7 Å². The smallest absolute Gasteiger partial charge is 0.315 e. The van der Waals surface area contributed by atoms with Crippen molar-refractivity contribution in [1.82, 2.24) is 4.57 Å². The molecule has 6 nitrogen and oxygen atoms in total. The molecule has 1 amide bonds. The molecule has 2 heterocycles. The van der Waals surface area contributed by atoms with Gasteiger partial charge in [0.05, 0.1) is 17.2 Å². The summed E-state index contributed by atoms with van der Waals surface area (Å²) in [6.45, 7) is 1.99. The minimum absolute atomic E-state index is 0.0835. The average molecular weight is 380 g/mol. The molecule has 0 atom stereocenters. The molecule has 0 fully saturated rings. The fraction of sp³-hybridized carbons (Fsp3) is 0.150. The van der Waals surface area contributed by atoms with Crippen LogP contribution in [0, 0.1) is 6.92 Å². The number of aromatic nitrogens is 1. The van der Waals surface area contributed by atoms with Crippen LogP contribution in [0.4, 0.5) is 0 Å². The van der Waals surface area contributed by atoms with E-state index in [4.69, 9.17) is 9.15 Å². The highest BCUT2D eigenvalue weighted by atomic mass is 32.1. The van der Waals surface area contributed by atoms with Gasteiger partial charge in [-0.3, -0.25) is 9.59 Å². The van der Waals surface area contributed by atoms with Gasteiger partial charge in [-0.15, -0.1) is 0 Å². The zero-order valence-electron chi connectivity index (χ0n) is 15.0. The van der Waals surface area contributed by atoms with E-state index < -0.39 is 5.91 Å². The summed E-state index contributed by atoms with van der Waals surface area (Å²) in [4.78, 5) is 29.5. The average Bonchev–Trinajstić information content (AvgIpc) is 3.00. The lowest BCUT2D eigenvalue weighted by atomic mass is 10.2. The van der Waals surface area contributed by atoms with E-state index in [1.54, 1.807) is 31.4 Å². The van der Waals surface area contributed by atoms with Crippen LogP contribution < -0.4 is 15.0 Å². The molecule has 7 heteroatoms. The van der Waals surface area contributed by atoms with Crippen LogP contribution in [-0.4, -0.2) is 17.6 Å². The van der Waals surface area contributed by atoms with Gasteiger partial charge in [0.2, 0.25) is 0 Å². The summed E-state index contributed by atoms with van der Waals surface area (Å²) >= 11 is 1.39. The van der Waals surface area contributed by atoms with Crippen molar-refractivity contribution < 1.29 is 13.9 Å². The number of benzene rings is 2. The maximum Gasteiger partial charge on any atom is 0.315 e. The van der Waals surface area contributed by atoms with Gasteiger partial charge in [0.15, 0.2) is 16.0 Å². The van der Waals surface area contributed by atoms with Crippen molar-refractivity contribution in [3.63, 3.8) is 0 Å². The predicted molar refractivity (Wildman–Crippen MR) is 104 cm³/mol. The Balaban J connectivity index is 1.89. The van der Waals surface area contributed by atoms with E-state index in [2.05, 4.69) is 4.99 Å². The Hall–Kier alpha value is -3.19. The Labute approximate surface area is 158 Å². The van der Waals surface area contributed by atoms with Crippen molar-refractivity contribution in [1.29, 1.82) is 0 Å². The zero-order valence-corrected chi connectivity index (χ0v) is 15.8. The van der Waals surface area contributed by atoms with E-state index in [0.29, 0.717) is 21.5 Å². The van der Waals surface area contributed by atoms with Crippen LogP contribution in [0.5, 0.6) is 5.75 Å². The number of ether oxygens (including phenoxy) is 1. The van der Waals surface area contributed by atoms with Gasteiger partial charge in [-0.1, -0.05) is 29.5 Å². The molecule has 136 valence electrons. The lowest BCUT2D eigenvalue weighted by molar-refractivity contribution is 0.0972. The number of fused-ring (bicyclic) bond motifs is 2. The number of carbonyl (C=O) groups excluding carboxylic acids is 1. The molecular formula is C20H16N2O4S. The first-order chi connectivity index (χ1) is 13.0. The fourth-order valence-electron chi connectivity index (χ4n) is 2.97. The molecule has 0 N–H and O–H groups in total. The summed E-state index contributed by atoms with van der Waals surface area (Å²) in [6, 6.07) is 11.8. The van der Waals surface area contributed by atoms with Crippen molar-refractivity contribution >= 4 is 38.4 Å². The number of aryl methyl sites for hydroxylation is 2. The normalized spacial score (nSPS) is 12.0. The molecule has 4 aromatic rings. The first-order valence-corrected chi connectivity index (χ1v) is 9.06. The summed E-state index contributed by atoms with van der Waals surface area (Å²) in [7, 11) is 3.43. The van der Waals surface area contributed by atoms with Gasteiger partial charge in [-0.25, -0.2) is 0 Å². The molecule has 4 rings (SSSR count). The topological polar surface area (TPSA) is 73.8 Å². The minimum Gasteiger partial charge on any atom is -0.495 e. The minimum atomic E-state index is -0.600. The van der Waals surface area contributed by atoms with E-state index in [1.807, 2.05) is 30.7 Å². The molecule has 2 aromatic heterocycles. The van der Waals surface area contributed by atoms with Crippen LogP contribution in [0.2, 0.25) is 0 Å². The van der Waals surface area contributed by atoms with Crippen LogP contribution in [0.25, 0.3) is 21.2 Å². The standard InChI is InChI=1S/C20H16N2O4S/c1-11-8-9-15(25-3)17-18(11)27-20(22(17)2)21-19(24)16-10-13(23)12-6-4-5-7-14(12)26-16/h4-10H,1-3H3. The number of thiazole rings is 1. The quantitative estimate of drug-likeness (QED) is 0.534. The van der Waals surface area contributed by atoms with Crippen molar-refractivity contribution in [2.75, 3.05) is 7.11 Å². The van der Waals surface area contributed by atoms with E-state index in [0.717, 1.165) is 15.8 Å².